The molecule has 0 amide bonds. The van der Waals surface area contributed by atoms with Gasteiger partial charge >= 0.3 is 0 Å². The smallest absolute Gasteiger partial charge is 0.165 e. The van der Waals surface area contributed by atoms with Crippen molar-refractivity contribution >= 4 is 0 Å². The Bertz CT molecular complexity index is 380. The van der Waals surface area contributed by atoms with Crippen molar-refractivity contribution in [3.05, 3.63) is 29.6 Å². The fourth-order valence-corrected chi connectivity index (χ4v) is 1.61. The van der Waals surface area contributed by atoms with Crippen LogP contribution in [0.15, 0.2) is 18.2 Å². The topological polar surface area (TPSA) is 24.5 Å². The molecule has 0 aromatic heterocycles. The molecule has 0 spiro atoms. The van der Waals surface area contributed by atoms with Crippen molar-refractivity contribution in [1.29, 1.82) is 0 Å². The molecule has 0 saturated carbocycles. The molecular weight excluding hydrogens is 243 g/mol. The van der Waals surface area contributed by atoms with Crippen LogP contribution in [0.25, 0.3) is 0 Å². The van der Waals surface area contributed by atoms with Gasteiger partial charge in [-0.1, -0.05) is 19.9 Å². The van der Waals surface area contributed by atoms with E-state index in [1.165, 1.54) is 0 Å². The van der Waals surface area contributed by atoms with Crippen LogP contribution in [0.5, 0.6) is 5.75 Å². The maximum Gasteiger partial charge on any atom is 0.165 e. The summed E-state index contributed by atoms with van der Waals surface area (Å²) >= 11 is 0. The molecule has 19 heavy (non-hydrogen) atoms. The van der Waals surface area contributed by atoms with Crippen LogP contribution < -0.4 is 10.1 Å². The van der Waals surface area contributed by atoms with Gasteiger partial charge in [-0.25, -0.2) is 4.39 Å². The molecular formula is C15H25FN2O. The SMILES string of the molecule is CC(C)CNCc1ccc(OCCN(C)C)c(F)c1. The van der Waals surface area contributed by atoms with Crippen LogP contribution in [-0.2, 0) is 6.54 Å². The molecule has 1 aromatic rings. The first kappa shape index (κ1) is 15.9. The minimum atomic E-state index is -0.289. The van der Waals surface area contributed by atoms with Gasteiger partial charge in [-0.2, -0.15) is 0 Å². The van der Waals surface area contributed by atoms with Crippen LogP contribution in [0.1, 0.15) is 19.4 Å². The predicted molar refractivity (Wildman–Crippen MR) is 77.0 cm³/mol. The first-order chi connectivity index (χ1) is 8.99. The molecule has 108 valence electrons. The molecule has 0 aliphatic carbocycles. The highest BCUT2D eigenvalue weighted by molar-refractivity contribution is 5.29. The first-order valence-electron chi connectivity index (χ1n) is 6.75. The van der Waals surface area contributed by atoms with Crippen LogP contribution in [0, 0.1) is 11.7 Å². The van der Waals surface area contributed by atoms with E-state index in [1.807, 2.05) is 25.1 Å². The summed E-state index contributed by atoms with van der Waals surface area (Å²) in [5, 5.41) is 3.29. The van der Waals surface area contributed by atoms with Crippen molar-refractivity contribution in [2.45, 2.75) is 20.4 Å². The molecule has 4 heteroatoms. The monoisotopic (exact) mass is 268 g/mol. The van der Waals surface area contributed by atoms with Gasteiger partial charge < -0.3 is 15.0 Å². The Balaban J connectivity index is 2.45. The zero-order chi connectivity index (χ0) is 14.3. The molecule has 0 saturated heterocycles. The highest BCUT2D eigenvalue weighted by Crippen LogP contribution is 2.18. The number of benzene rings is 1. The average Bonchev–Trinajstić information content (AvgIpc) is 2.31. The lowest BCUT2D eigenvalue weighted by atomic mass is 10.2. The van der Waals surface area contributed by atoms with Crippen LogP contribution in [0.2, 0.25) is 0 Å². The van der Waals surface area contributed by atoms with Crippen LogP contribution >= 0.6 is 0 Å². The Morgan fingerprint density at radius 1 is 1.32 bits per heavy atom. The molecule has 0 bridgehead atoms. The van der Waals surface area contributed by atoms with E-state index in [4.69, 9.17) is 4.74 Å². The zero-order valence-corrected chi connectivity index (χ0v) is 12.4. The Kier molecular flexibility index (Phi) is 6.81. The van der Waals surface area contributed by atoms with Crippen LogP contribution in [-0.4, -0.2) is 38.7 Å². The van der Waals surface area contributed by atoms with Crippen molar-refractivity contribution in [3.63, 3.8) is 0 Å². The summed E-state index contributed by atoms with van der Waals surface area (Å²) in [6, 6.07) is 5.15. The summed E-state index contributed by atoms with van der Waals surface area (Å²) in [5.41, 5.74) is 0.943. The molecule has 0 radical (unpaired) electrons. The van der Waals surface area contributed by atoms with Crippen molar-refractivity contribution in [3.8, 4) is 5.75 Å². The van der Waals surface area contributed by atoms with Crippen molar-refractivity contribution in [2.75, 3.05) is 33.8 Å². The molecule has 0 aliphatic rings. The van der Waals surface area contributed by atoms with E-state index < -0.39 is 0 Å². The molecule has 0 fully saturated rings. The lowest BCUT2D eigenvalue weighted by molar-refractivity contribution is 0.252. The number of ether oxygens (including phenoxy) is 1. The third-order valence-electron chi connectivity index (χ3n) is 2.67. The highest BCUT2D eigenvalue weighted by atomic mass is 19.1. The number of nitrogens with one attached hydrogen (secondary N) is 1. The van der Waals surface area contributed by atoms with Gasteiger partial charge in [0.25, 0.3) is 0 Å². The number of hydrogen-bond acceptors (Lipinski definition) is 3. The fraction of sp³-hybridized carbons (Fsp3) is 0.600. The Morgan fingerprint density at radius 3 is 2.63 bits per heavy atom. The van der Waals surface area contributed by atoms with Gasteiger partial charge in [0, 0.05) is 13.1 Å². The Morgan fingerprint density at radius 2 is 2.05 bits per heavy atom. The van der Waals surface area contributed by atoms with Crippen molar-refractivity contribution in [2.24, 2.45) is 5.92 Å². The quantitative estimate of drug-likeness (QED) is 0.784. The fourth-order valence-electron chi connectivity index (χ4n) is 1.61. The maximum absolute atomic E-state index is 13.8. The van der Waals surface area contributed by atoms with Gasteiger partial charge in [0.1, 0.15) is 6.61 Å². The van der Waals surface area contributed by atoms with E-state index in [2.05, 4.69) is 19.2 Å². The number of nitrogens with zero attached hydrogens (tertiary/aromatic N) is 1. The summed E-state index contributed by atoms with van der Waals surface area (Å²) in [5.74, 6) is 0.635. The Labute approximate surface area is 115 Å². The molecule has 0 aliphatic heterocycles. The number of halogens is 1. The summed E-state index contributed by atoms with van der Waals surface area (Å²) in [6.45, 7) is 7.19. The predicted octanol–water partition coefficient (Wildman–Crippen LogP) is 2.51. The van der Waals surface area contributed by atoms with Gasteiger partial charge in [-0.05, 0) is 44.3 Å². The summed E-state index contributed by atoms with van der Waals surface area (Å²) in [7, 11) is 3.92. The second-order valence-electron chi connectivity index (χ2n) is 5.44. The molecule has 3 nitrogen and oxygen atoms in total. The first-order valence-corrected chi connectivity index (χ1v) is 6.75. The van der Waals surface area contributed by atoms with E-state index in [-0.39, 0.29) is 5.82 Å². The van der Waals surface area contributed by atoms with Crippen molar-refractivity contribution < 1.29 is 9.13 Å². The van der Waals surface area contributed by atoms with E-state index in [0.717, 1.165) is 18.7 Å². The number of rotatable bonds is 8. The van der Waals surface area contributed by atoms with Crippen LogP contribution in [0.3, 0.4) is 0 Å². The lowest BCUT2D eigenvalue weighted by Crippen LogP contribution is -2.20. The second kappa shape index (κ2) is 8.12. The molecule has 0 heterocycles. The van der Waals surface area contributed by atoms with Gasteiger partial charge in [0.2, 0.25) is 0 Å². The van der Waals surface area contributed by atoms with E-state index in [0.29, 0.717) is 24.8 Å². The van der Waals surface area contributed by atoms with E-state index in [1.54, 1.807) is 12.1 Å². The Hall–Kier alpha value is -1.13. The summed E-state index contributed by atoms with van der Waals surface area (Å²) in [4.78, 5) is 2.00. The number of hydrogen-bond donors (Lipinski definition) is 1. The third kappa shape index (κ3) is 6.55. The van der Waals surface area contributed by atoms with E-state index >= 15 is 0 Å². The largest absolute Gasteiger partial charge is 0.489 e. The molecule has 0 atom stereocenters. The van der Waals surface area contributed by atoms with Gasteiger partial charge in [0.05, 0.1) is 0 Å². The van der Waals surface area contributed by atoms with Crippen LogP contribution in [0.4, 0.5) is 4.39 Å². The molecule has 1 aromatic carbocycles. The highest BCUT2D eigenvalue weighted by Gasteiger charge is 2.05. The minimum absolute atomic E-state index is 0.289. The van der Waals surface area contributed by atoms with Gasteiger partial charge in [0.15, 0.2) is 11.6 Å². The summed E-state index contributed by atoms with van der Waals surface area (Å²) < 4.78 is 19.2. The summed E-state index contributed by atoms with van der Waals surface area (Å²) in [6.07, 6.45) is 0. The maximum atomic E-state index is 13.8. The lowest BCUT2D eigenvalue weighted by Gasteiger charge is -2.12. The molecule has 1 rings (SSSR count). The van der Waals surface area contributed by atoms with E-state index in [9.17, 15) is 4.39 Å². The minimum Gasteiger partial charge on any atom is -0.489 e. The van der Waals surface area contributed by atoms with Gasteiger partial charge in [-0.15, -0.1) is 0 Å². The standard InChI is InChI=1S/C15H25FN2O/c1-12(2)10-17-11-13-5-6-15(14(16)9-13)19-8-7-18(3)4/h5-6,9,12,17H,7-8,10-11H2,1-4H3. The normalized spacial score (nSPS) is 11.3. The van der Waals surface area contributed by atoms with Gasteiger partial charge in [-0.3, -0.25) is 0 Å². The molecule has 1 N–H and O–H groups in total. The van der Waals surface area contributed by atoms with Crippen molar-refractivity contribution in [1.82, 2.24) is 10.2 Å². The number of likely N-dealkylation sites (N-methyl/N-ethyl adjacent to an activating group) is 1. The molecule has 0 unspecified atom stereocenters. The third-order valence-corrected chi connectivity index (χ3v) is 2.67. The second-order valence-corrected chi connectivity index (χ2v) is 5.44. The zero-order valence-electron chi connectivity index (χ0n) is 12.4. The average molecular weight is 268 g/mol.